The lowest BCUT2D eigenvalue weighted by atomic mass is 10.3. The number of amides is 2. The molecule has 2 rings (SSSR count). The number of benzene rings is 1. The van der Waals surface area contributed by atoms with Crippen molar-refractivity contribution < 1.29 is 9.53 Å². The molecule has 1 unspecified atom stereocenters. The van der Waals surface area contributed by atoms with Gasteiger partial charge in [0.1, 0.15) is 5.75 Å². The molecule has 0 radical (unpaired) electrons. The lowest BCUT2D eigenvalue weighted by Gasteiger charge is -2.17. The summed E-state index contributed by atoms with van der Waals surface area (Å²) in [5.74, 6) is 0.657. The Bertz CT molecular complexity index is 408. The molecule has 0 aromatic heterocycles. The Morgan fingerprint density at radius 2 is 2.29 bits per heavy atom. The van der Waals surface area contributed by atoms with Crippen molar-refractivity contribution in [3.05, 3.63) is 24.3 Å². The quantitative estimate of drug-likeness (QED) is 0.811. The second kappa shape index (κ2) is 5.05. The summed E-state index contributed by atoms with van der Waals surface area (Å²) in [4.78, 5) is 13.7. The molecular weight excluding hydrogens is 218 g/mol. The third-order valence-corrected chi connectivity index (χ3v) is 2.86. The second-order valence-corrected chi connectivity index (χ2v) is 4.13. The number of hydrogen-bond donors (Lipinski definition) is 2. The average Bonchev–Trinajstić information content (AvgIpc) is 2.77. The van der Waals surface area contributed by atoms with Gasteiger partial charge in [-0.2, -0.15) is 0 Å². The van der Waals surface area contributed by atoms with Crippen LogP contribution < -0.4 is 15.8 Å². The molecule has 5 heteroatoms. The predicted octanol–water partition coefficient (Wildman–Crippen LogP) is 1.26. The Morgan fingerprint density at radius 3 is 2.94 bits per heavy atom. The van der Waals surface area contributed by atoms with Crippen molar-refractivity contribution in [2.24, 2.45) is 5.73 Å². The molecule has 5 nitrogen and oxygen atoms in total. The highest BCUT2D eigenvalue weighted by atomic mass is 16.5. The molecule has 1 aliphatic heterocycles. The van der Waals surface area contributed by atoms with Crippen LogP contribution in [0.2, 0.25) is 0 Å². The van der Waals surface area contributed by atoms with E-state index in [1.54, 1.807) is 12.0 Å². The van der Waals surface area contributed by atoms with Gasteiger partial charge in [0, 0.05) is 19.1 Å². The van der Waals surface area contributed by atoms with Crippen molar-refractivity contribution in [2.75, 3.05) is 25.5 Å². The maximum Gasteiger partial charge on any atom is 0.322 e. The molecule has 0 bridgehead atoms. The number of hydrogen-bond acceptors (Lipinski definition) is 3. The van der Waals surface area contributed by atoms with Crippen LogP contribution in [0, 0.1) is 0 Å². The number of carbonyl (C=O) groups excluding carboxylic acids is 1. The van der Waals surface area contributed by atoms with Crippen molar-refractivity contribution in [1.29, 1.82) is 0 Å². The van der Waals surface area contributed by atoms with Crippen molar-refractivity contribution >= 4 is 11.7 Å². The lowest BCUT2D eigenvalue weighted by molar-refractivity contribution is 0.222. The summed E-state index contributed by atoms with van der Waals surface area (Å²) in [6.45, 7) is 1.32. The van der Waals surface area contributed by atoms with Gasteiger partial charge in [-0.3, -0.25) is 0 Å². The van der Waals surface area contributed by atoms with Crippen LogP contribution in [-0.2, 0) is 0 Å². The fraction of sp³-hybridized carbons (Fsp3) is 0.417. The number of nitrogens with zero attached hydrogens (tertiary/aromatic N) is 1. The smallest absolute Gasteiger partial charge is 0.322 e. The Hall–Kier alpha value is -1.75. The number of ether oxygens (including phenoxy) is 1. The molecule has 1 fully saturated rings. The third kappa shape index (κ3) is 2.68. The van der Waals surface area contributed by atoms with E-state index in [-0.39, 0.29) is 12.1 Å². The van der Waals surface area contributed by atoms with Gasteiger partial charge in [0.05, 0.1) is 12.8 Å². The molecule has 92 valence electrons. The van der Waals surface area contributed by atoms with E-state index in [0.717, 1.165) is 6.42 Å². The molecule has 3 N–H and O–H groups in total. The fourth-order valence-corrected chi connectivity index (χ4v) is 1.91. The van der Waals surface area contributed by atoms with E-state index in [2.05, 4.69) is 5.32 Å². The fourth-order valence-electron chi connectivity index (χ4n) is 1.91. The summed E-state index contributed by atoms with van der Waals surface area (Å²) in [6.07, 6.45) is 0.860. The second-order valence-electron chi connectivity index (χ2n) is 4.13. The SMILES string of the molecule is COc1ccccc1NC(=O)N1CCC(N)C1. The zero-order valence-electron chi connectivity index (χ0n) is 9.85. The van der Waals surface area contributed by atoms with Crippen LogP contribution in [0.15, 0.2) is 24.3 Å². The highest BCUT2D eigenvalue weighted by Crippen LogP contribution is 2.23. The number of nitrogens with one attached hydrogen (secondary N) is 1. The molecule has 1 aliphatic rings. The standard InChI is InChI=1S/C12H17N3O2/c1-17-11-5-3-2-4-10(11)14-12(16)15-7-6-9(13)8-15/h2-5,9H,6-8,13H2,1H3,(H,14,16). The molecule has 0 saturated carbocycles. The molecule has 1 heterocycles. The van der Waals surface area contributed by atoms with Crippen molar-refractivity contribution in [3.8, 4) is 5.75 Å². The number of anilines is 1. The maximum absolute atomic E-state index is 11.9. The first-order chi connectivity index (χ1) is 8.20. The van der Waals surface area contributed by atoms with E-state index in [1.807, 2.05) is 24.3 Å². The molecule has 17 heavy (non-hydrogen) atoms. The van der Waals surface area contributed by atoms with Crippen molar-refractivity contribution in [3.63, 3.8) is 0 Å². The average molecular weight is 235 g/mol. The van der Waals surface area contributed by atoms with Crippen molar-refractivity contribution in [2.45, 2.75) is 12.5 Å². The minimum Gasteiger partial charge on any atom is -0.495 e. The Kier molecular flexibility index (Phi) is 3.49. The number of methoxy groups -OCH3 is 1. The van der Waals surface area contributed by atoms with Crippen LogP contribution in [0.4, 0.5) is 10.5 Å². The molecule has 1 aromatic rings. The van der Waals surface area contributed by atoms with E-state index in [0.29, 0.717) is 24.5 Å². The first-order valence-electron chi connectivity index (χ1n) is 5.65. The van der Waals surface area contributed by atoms with Gasteiger partial charge < -0.3 is 20.7 Å². The highest BCUT2D eigenvalue weighted by Gasteiger charge is 2.23. The topological polar surface area (TPSA) is 67.6 Å². The first-order valence-corrected chi connectivity index (χ1v) is 5.65. The number of urea groups is 1. The molecule has 1 atom stereocenters. The van der Waals surface area contributed by atoms with Gasteiger partial charge in [-0.05, 0) is 18.6 Å². The molecule has 2 amide bonds. The van der Waals surface area contributed by atoms with E-state index in [9.17, 15) is 4.79 Å². The first kappa shape index (κ1) is 11.7. The van der Waals surface area contributed by atoms with Gasteiger partial charge in [-0.25, -0.2) is 4.79 Å². The van der Waals surface area contributed by atoms with Crippen LogP contribution in [-0.4, -0.2) is 37.2 Å². The summed E-state index contributed by atoms with van der Waals surface area (Å²) in [6, 6.07) is 7.31. The number of carbonyl (C=O) groups is 1. The van der Waals surface area contributed by atoms with E-state index < -0.39 is 0 Å². The largest absolute Gasteiger partial charge is 0.495 e. The third-order valence-electron chi connectivity index (χ3n) is 2.86. The van der Waals surface area contributed by atoms with Crippen LogP contribution in [0.1, 0.15) is 6.42 Å². The highest BCUT2D eigenvalue weighted by molar-refractivity contribution is 5.91. The van der Waals surface area contributed by atoms with Crippen LogP contribution in [0.25, 0.3) is 0 Å². The van der Waals surface area contributed by atoms with Gasteiger partial charge in [0.25, 0.3) is 0 Å². The summed E-state index contributed by atoms with van der Waals surface area (Å²) in [5.41, 5.74) is 6.45. The number of likely N-dealkylation sites (tertiary alicyclic amines) is 1. The van der Waals surface area contributed by atoms with E-state index in [1.165, 1.54) is 0 Å². The van der Waals surface area contributed by atoms with E-state index in [4.69, 9.17) is 10.5 Å². The Morgan fingerprint density at radius 1 is 1.53 bits per heavy atom. The van der Waals surface area contributed by atoms with Gasteiger partial charge in [0.15, 0.2) is 0 Å². The normalized spacial score (nSPS) is 19.2. The zero-order valence-corrected chi connectivity index (χ0v) is 9.85. The van der Waals surface area contributed by atoms with Gasteiger partial charge >= 0.3 is 6.03 Å². The van der Waals surface area contributed by atoms with Crippen LogP contribution >= 0.6 is 0 Å². The summed E-state index contributed by atoms with van der Waals surface area (Å²) in [5, 5.41) is 2.83. The number of nitrogens with two attached hydrogens (primary N) is 1. The predicted molar refractivity (Wildman–Crippen MR) is 66.2 cm³/mol. The minimum atomic E-state index is -0.123. The summed E-state index contributed by atoms with van der Waals surface area (Å²) >= 11 is 0. The minimum absolute atomic E-state index is 0.0958. The van der Waals surface area contributed by atoms with Gasteiger partial charge in [-0.15, -0.1) is 0 Å². The Labute approximate surface area is 101 Å². The Balaban J connectivity index is 2.03. The maximum atomic E-state index is 11.9. The van der Waals surface area contributed by atoms with Crippen LogP contribution in [0.5, 0.6) is 5.75 Å². The molecule has 0 aliphatic carbocycles. The van der Waals surface area contributed by atoms with Gasteiger partial charge in [-0.1, -0.05) is 12.1 Å². The molecule has 1 saturated heterocycles. The summed E-state index contributed by atoms with van der Waals surface area (Å²) < 4.78 is 5.17. The lowest BCUT2D eigenvalue weighted by Crippen LogP contribution is -2.35. The molecule has 0 spiro atoms. The molecule has 1 aromatic carbocycles. The zero-order chi connectivity index (χ0) is 12.3. The number of rotatable bonds is 2. The van der Waals surface area contributed by atoms with Gasteiger partial charge in [0.2, 0.25) is 0 Å². The van der Waals surface area contributed by atoms with E-state index >= 15 is 0 Å². The molecular formula is C12H17N3O2. The summed E-state index contributed by atoms with van der Waals surface area (Å²) in [7, 11) is 1.58. The number of para-hydroxylation sites is 2. The monoisotopic (exact) mass is 235 g/mol. The van der Waals surface area contributed by atoms with Crippen molar-refractivity contribution in [1.82, 2.24) is 4.90 Å². The van der Waals surface area contributed by atoms with Crippen LogP contribution in [0.3, 0.4) is 0 Å².